The molecule has 0 saturated carbocycles. The van der Waals surface area contributed by atoms with E-state index in [9.17, 15) is 4.79 Å². The molecule has 1 aromatic carbocycles. The summed E-state index contributed by atoms with van der Waals surface area (Å²) in [6.45, 7) is 3.16. The van der Waals surface area contributed by atoms with Crippen LogP contribution in [0.15, 0.2) is 24.3 Å². The number of aryl methyl sites for hydroxylation is 1. The number of hydrogen-bond donors (Lipinski definition) is 1. The highest BCUT2D eigenvalue weighted by molar-refractivity contribution is 6.33. The summed E-state index contributed by atoms with van der Waals surface area (Å²) in [5.41, 5.74) is 0.303. The van der Waals surface area contributed by atoms with Gasteiger partial charge in [-0.2, -0.15) is 4.98 Å². The van der Waals surface area contributed by atoms with Crippen LogP contribution < -0.4 is 5.32 Å². The monoisotopic (exact) mass is 334 g/mol. The van der Waals surface area contributed by atoms with E-state index in [4.69, 9.17) is 16.3 Å². The Morgan fingerprint density at radius 1 is 1.35 bits per heavy atom. The van der Waals surface area contributed by atoms with Crippen LogP contribution >= 0.6 is 11.6 Å². The van der Waals surface area contributed by atoms with E-state index in [0.717, 1.165) is 5.56 Å². The van der Waals surface area contributed by atoms with E-state index in [2.05, 4.69) is 15.4 Å². The van der Waals surface area contributed by atoms with Crippen molar-refractivity contribution in [2.24, 2.45) is 12.5 Å². The molecule has 7 heteroatoms. The minimum absolute atomic E-state index is 0.0537. The fraction of sp³-hybridized carbons (Fsp3) is 0.438. The van der Waals surface area contributed by atoms with Gasteiger partial charge in [-0.1, -0.05) is 30.7 Å². The van der Waals surface area contributed by atoms with Gasteiger partial charge < -0.3 is 4.74 Å². The van der Waals surface area contributed by atoms with Gasteiger partial charge in [0.15, 0.2) is 5.82 Å². The Morgan fingerprint density at radius 2 is 2.04 bits per heavy atom. The minimum atomic E-state index is -0.436. The molecule has 3 rings (SSSR count). The summed E-state index contributed by atoms with van der Waals surface area (Å²) in [6, 6.07) is 7.36. The first kappa shape index (κ1) is 16.0. The summed E-state index contributed by atoms with van der Waals surface area (Å²) in [4.78, 5) is 17.0. The summed E-state index contributed by atoms with van der Waals surface area (Å²) in [6.07, 6.45) is 1.40. The number of anilines is 1. The van der Waals surface area contributed by atoms with E-state index in [-0.39, 0.29) is 5.91 Å². The average molecular weight is 335 g/mol. The second kappa shape index (κ2) is 6.29. The molecular weight excluding hydrogens is 316 g/mol. The Morgan fingerprint density at radius 3 is 2.74 bits per heavy atom. The van der Waals surface area contributed by atoms with Crippen molar-refractivity contribution in [1.29, 1.82) is 0 Å². The minimum Gasteiger partial charge on any atom is -0.381 e. The van der Waals surface area contributed by atoms with Crippen LogP contribution in [0.1, 0.15) is 19.8 Å². The SMILES string of the molecule is Cn1nc(-c2ccccc2Cl)nc1NC(=O)C1(C)CCOCC1. The zero-order valence-corrected chi connectivity index (χ0v) is 13.9. The number of nitrogens with one attached hydrogen (secondary N) is 1. The highest BCUT2D eigenvalue weighted by Gasteiger charge is 2.35. The molecule has 0 atom stereocenters. The molecule has 1 aromatic heterocycles. The van der Waals surface area contributed by atoms with Gasteiger partial charge in [-0.15, -0.1) is 5.10 Å². The molecule has 1 aliphatic rings. The van der Waals surface area contributed by atoms with Gasteiger partial charge >= 0.3 is 0 Å². The van der Waals surface area contributed by atoms with E-state index >= 15 is 0 Å². The molecule has 2 heterocycles. The van der Waals surface area contributed by atoms with Crippen LogP contribution in [0.3, 0.4) is 0 Å². The Balaban J connectivity index is 1.82. The van der Waals surface area contributed by atoms with E-state index < -0.39 is 5.41 Å². The Kier molecular flexibility index (Phi) is 4.37. The zero-order valence-electron chi connectivity index (χ0n) is 13.2. The van der Waals surface area contributed by atoms with Crippen molar-refractivity contribution < 1.29 is 9.53 Å². The molecular formula is C16H19ClN4O2. The number of amides is 1. The van der Waals surface area contributed by atoms with Gasteiger partial charge in [0.05, 0.1) is 10.4 Å². The van der Waals surface area contributed by atoms with Crippen LogP contribution in [-0.2, 0) is 16.6 Å². The van der Waals surface area contributed by atoms with E-state index in [1.807, 2.05) is 25.1 Å². The Labute approximate surface area is 139 Å². The van der Waals surface area contributed by atoms with Crippen LogP contribution in [0.2, 0.25) is 5.02 Å². The second-order valence-electron chi connectivity index (χ2n) is 5.99. The van der Waals surface area contributed by atoms with E-state index in [1.54, 1.807) is 17.8 Å². The van der Waals surface area contributed by atoms with Crippen LogP contribution in [0.25, 0.3) is 11.4 Å². The number of benzene rings is 1. The van der Waals surface area contributed by atoms with Crippen molar-refractivity contribution in [2.45, 2.75) is 19.8 Å². The van der Waals surface area contributed by atoms with Crippen LogP contribution in [0, 0.1) is 5.41 Å². The molecule has 1 saturated heterocycles. The average Bonchev–Trinajstić information content (AvgIpc) is 2.89. The van der Waals surface area contributed by atoms with Crippen molar-refractivity contribution in [3.63, 3.8) is 0 Å². The van der Waals surface area contributed by atoms with Gasteiger partial charge in [0.25, 0.3) is 0 Å². The summed E-state index contributed by atoms with van der Waals surface area (Å²) in [5, 5.41) is 7.80. The maximum Gasteiger partial charge on any atom is 0.232 e. The first-order chi connectivity index (χ1) is 11.0. The highest BCUT2D eigenvalue weighted by Crippen LogP contribution is 2.31. The fourth-order valence-corrected chi connectivity index (χ4v) is 2.77. The lowest BCUT2D eigenvalue weighted by atomic mass is 9.81. The first-order valence-electron chi connectivity index (χ1n) is 7.55. The van der Waals surface area contributed by atoms with Gasteiger partial charge in [0, 0.05) is 25.8 Å². The van der Waals surface area contributed by atoms with Crippen molar-refractivity contribution in [2.75, 3.05) is 18.5 Å². The summed E-state index contributed by atoms with van der Waals surface area (Å²) < 4.78 is 6.89. The largest absolute Gasteiger partial charge is 0.381 e. The number of ether oxygens (including phenoxy) is 1. The molecule has 0 radical (unpaired) electrons. The molecule has 1 N–H and O–H groups in total. The molecule has 0 bridgehead atoms. The molecule has 23 heavy (non-hydrogen) atoms. The van der Waals surface area contributed by atoms with Crippen LogP contribution in [0.5, 0.6) is 0 Å². The van der Waals surface area contributed by atoms with E-state index in [0.29, 0.717) is 42.9 Å². The molecule has 0 unspecified atom stereocenters. The summed E-state index contributed by atoms with van der Waals surface area (Å²) in [5.74, 6) is 0.852. The van der Waals surface area contributed by atoms with Gasteiger partial charge in [-0.05, 0) is 25.0 Å². The number of nitrogens with zero attached hydrogens (tertiary/aromatic N) is 3. The molecule has 6 nitrogen and oxygen atoms in total. The quantitative estimate of drug-likeness (QED) is 0.937. The molecule has 2 aromatic rings. The number of carbonyl (C=O) groups is 1. The van der Waals surface area contributed by atoms with Crippen LogP contribution in [0.4, 0.5) is 5.95 Å². The normalized spacial score (nSPS) is 17.0. The lowest BCUT2D eigenvalue weighted by molar-refractivity contribution is -0.129. The number of carbonyl (C=O) groups excluding carboxylic acids is 1. The predicted octanol–water partition coefficient (Wildman–Crippen LogP) is 2.89. The predicted molar refractivity (Wildman–Crippen MR) is 88.2 cm³/mol. The molecule has 1 fully saturated rings. The van der Waals surface area contributed by atoms with Crippen molar-refractivity contribution in [1.82, 2.24) is 14.8 Å². The topological polar surface area (TPSA) is 69.0 Å². The van der Waals surface area contributed by atoms with E-state index in [1.165, 1.54) is 0 Å². The number of aromatic nitrogens is 3. The summed E-state index contributed by atoms with van der Waals surface area (Å²) >= 11 is 6.18. The third-order valence-corrected chi connectivity index (χ3v) is 4.58. The van der Waals surface area contributed by atoms with Gasteiger partial charge in [0.2, 0.25) is 11.9 Å². The van der Waals surface area contributed by atoms with Crippen molar-refractivity contribution >= 4 is 23.5 Å². The second-order valence-corrected chi connectivity index (χ2v) is 6.40. The molecule has 1 aliphatic heterocycles. The lowest BCUT2D eigenvalue weighted by Gasteiger charge is -2.31. The number of rotatable bonds is 3. The third-order valence-electron chi connectivity index (χ3n) is 4.25. The van der Waals surface area contributed by atoms with Gasteiger partial charge in [-0.3, -0.25) is 10.1 Å². The maximum atomic E-state index is 12.6. The lowest BCUT2D eigenvalue weighted by Crippen LogP contribution is -2.39. The number of halogens is 1. The van der Waals surface area contributed by atoms with Crippen LogP contribution in [-0.4, -0.2) is 33.9 Å². The molecule has 0 aliphatic carbocycles. The van der Waals surface area contributed by atoms with Gasteiger partial charge in [-0.25, -0.2) is 4.68 Å². The molecule has 0 spiro atoms. The first-order valence-corrected chi connectivity index (χ1v) is 7.92. The van der Waals surface area contributed by atoms with Gasteiger partial charge in [0.1, 0.15) is 0 Å². The fourth-order valence-electron chi connectivity index (χ4n) is 2.55. The Bertz CT molecular complexity index is 723. The molecule has 1 amide bonds. The number of hydrogen-bond acceptors (Lipinski definition) is 4. The molecule has 122 valence electrons. The van der Waals surface area contributed by atoms with Crippen molar-refractivity contribution in [3.05, 3.63) is 29.3 Å². The van der Waals surface area contributed by atoms with Crippen molar-refractivity contribution in [3.8, 4) is 11.4 Å². The third kappa shape index (κ3) is 3.23. The maximum absolute atomic E-state index is 12.6. The zero-order chi connectivity index (χ0) is 16.4. The summed E-state index contributed by atoms with van der Waals surface area (Å²) in [7, 11) is 1.75. The Hall–Kier alpha value is -1.92. The highest BCUT2D eigenvalue weighted by atomic mass is 35.5. The standard InChI is InChI=1S/C16H19ClN4O2/c1-16(7-9-23-10-8-16)14(22)19-15-18-13(20-21(15)2)11-5-3-4-6-12(11)17/h3-6H,7-10H2,1-2H3,(H,18,19,20,22). The smallest absolute Gasteiger partial charge is 0.232 e.